The van der Waals surface area contributed by atoms with Crippen molar-refractivity contribution in [1.29, 1.82) is 0 Å². The molecule has 0 spiro atoms. The molecule has 1 saturated heterocycles. The molecular weight excluding hydrogens is 354 g/mol. The Morgan fingerprint density at radius 3 is 2.79 bits per heavy atom. The number of hydrogen-bond donors (Lipinski definition) is 1. The third kappa shape index (κ3) is 4.51. The fourth-order valence-electron chi connectivity index (χ4n) is 3.40. The summed E-state index contributed by atoms with van der Waals surface area (Å²) in [5.74, 6) is 1.17. The van der Waals surface area contributed by atoms with Gasteiger partial charge in [-0.05, 0) is 43.0 Å². The molecule has 1 atom stereocenters. The van der Waals surface area contributed by atoms with Crippen molar-refractivity contribution in [2.24, 2.45) is 5.92 Å². The Morgan fingerprint density at radius 2 is 1.96 bits per heavy atom. The van der Waals surface area contributed by atoms with Crippen molar-refractivity contribution in [3.63, 3.8) is 0 Å². The maximum absolute atomic E-state index is 12.7. The minimum Gasteiger partial charge on any atom is -0.340 e. The first-order chi connectivity index (χ1) is 13.8. The van der Waals surface area contributed by atoms with Crippen LogP contribution in [-0.4, -0.2) is 43.7 Å². The van der Waals surface area contributed by atoms with E-state index in [2.05, 4.69) is 30.3 Å². The van der Waals surface area contributed by atoms with Crippen LogP contribution in [0.3, 0.4) is 0 Å². The summed E-state index contributed by atoms with van der Waals surface area (Å²) in [6, 6.07) is 7.63. The lowest BCUT2D eigenvalue weighted by Gasteiger charge is -2.31. The molecule has 4 rings (SSSR count). The zero-order chi connectivity index (χ0) is 19.2. The highest BCUT2D eigenvalue weighted by molar-refractivity contribution is 5.92. The van der Waals surface area contributed by atoms with Gasteiger partial charge in [0.15, 0.2) is 5.82 Å². The van der Waals surface area contributed by atoms with Crippen LogP contribution in [0, 0.1) is 5.92 Å². The van der Waals surface area contributed by atoms with Crippen LogP contribution in [0.1, 0.15) is 18.4 Å². The molecule has 8 nitrogen and oxygen atoms in total. The fraction of sp³-hybridized carbons (Fsp3) is 0.350. The number of rotatable bonds is 6. The molecule has 0 unspecified atom stereocenters. The molecule has 1 fully saturated rings. The first-order valence-corrected chi connectivity index (χ1v) is 9.53. The highest BCUT2D eigenvalue weighted by Crippen LogP contribution is 2.21. The van der Waals surface area contributed by atoms with Crippen LogP contribution < -0.4 is 10.2 Å². The Labute approximate surface area is 163 Å². The zero-order valence-electron chi connectivity index (χ0n) is 15.6. The molecule has 0 aliphatic carbocycles. The van der Waals surface area contributed by atoms with Crippen molar-refractivity contribution in [3.8, 4) is 0 Å². The van der Waals surface area contributed by atoms with Crippen molar-refractivity contribution in [2.45, 2.75) is 25.8 Å². The molecule has 1 N–H and O–H groups in total. The molecule has 0 saturated carbocycles. The van der Waals surface area contributed by atoms with E-state index in [1.54, 1.807) is 30.9 Å². The highest BCUT2D eigenvalue weighted by atomic mass is 16.2. The molecular formula is C20H23N7O. The number of pyridine rings is 1. The van der Waals surface area contributed by atoms with Crippen molar-refractivity contribution in [2.75, 3.05) is 23.3 Å². The second kappa shape index (κ2) is 8.60. The van der Waals surface area contributed by atoms with Gasteiger partial charge in [0.25, 0.3) is 0 Å². The Morgan fingerprint density at radius 1 is 1.14 bits per heavy atom. The second-order valence-electron chi connectivity index (χ2n) is 6.89. The largest absolute Gasteiger partial charge is 0.340 e. The number of anilines is 2. The molecule has 1 amide bonds. The van der Waals surface area contributed by atoms with Crippen molar-refractivity contribution in [3.05, 3.63) is 60.8 Å². The summed E-state index contributed by atoms with van der Waals surface area (Å²) in [7, 11) is 0. The van der Waals surface area contributed by atoms with Crippen LogP contribution in [0.2, 0.25) is 0 Å². The summed E-state index contributed by atoms with van der Waals surface area (Å²) in [6.45, 7) is 2.25. The monoisotopic (exact) mass is 377 g/mol. The predicted octanol–water partition coefficient (Wildman–Crippen LogP) is 2.17. The zero-order valence-corrected chi connectivity index (χ0v) is 15.6. The second-order valence-corrected chi connectivity index (χ2v) is 6.89. The Bertz CT molecular complexity index is 897. The number of amides is 1. The fourth-order valence-corrected chi connectivity index (χ4v) is 3.40. The maximum atomic E-state index is 12.7. The normalized spacial score (nSPS) is 16.7. The van der Waals surface area contributed by atoms with Crippen molar-refractivity contribution >= 4 is 17.7 Å². The van der Waals surface area contributed by atoms with Gasteiger partial charge in [-0.2, -0.15) is 5.10 Å². The first kappa shape index (κ1) is 18.1. The molecule has 1 aliphatic heterocycles. The van der Waals surface area contributed by atoms with Gasteiger partial charge in [-0.25, -0.2) is 9.97 Å². The van der Waals surface area contributed by atoms with E-state index in [-0.39, 0.29) is 11.8 Å². The van der Waals surface area contributed by atoms with E-state index in [9.17, 15) is 4.79 Å². The SMILES string of the molecule is O=C(Nc1ccn(CCc2ccncc2)n1)[C@H]1CCCN(c2ncccn2)C1. The molecule has 0 radical (unpaired) electrons. The van der Waals surface area contributed by atoms with Crippen LogP contribution in [0.15, 0.2) is 55.2 Å². The number of carbonyl (C=O) groups is 1. The highest BCUT2D eigenvalue weighted by Gasteiger charge is 2.27. The van der Waals surface area contributed by atoms with Gasteiger partial charge in [-0.3, -0.25) is 14.5 Å². The lowest BCUT2D eigenvalue weighted by atomic mass is 9.97. The Hall–Kier alpha value is -3.29. The first-order valence-electron chi connectivity index (χ1n) is 9.53. The molecule has 144 valence electrons. The predicted molar refractivity (Wildman–Crippen MR) is 106 cm³/mol. The number of aromatic nitrogens is 5. The van der Waals surface area contributed by atoms with Gasteiger partial charge in [0.05, 0.1) is 5.92 Å². The van der Waals surface area contributed by atoms with Gasteiger partial charge in [0.1, 0.15) is 0 Å². The van der Waals surface area contributed by atoms with Crippen LogP contribution in [-0.2, 0) is 17.8 Å². The van der Waals surface area contributed by atoms with E-state index < -0.39 is 0 Å². The average Bonchev–Trinajstić information content (AvgIpc) is 3.21. The third-order valence-electron chi connectivity index (χ3n) is 4.90. The Balaban J connectivity index is 1.31. The number of nitrogens with zero attached hydrogens (tertiary/aromatic N) is 6. The van der Waals surface area contributed by atoms with Gasteiger partial charge >= 0.3 is 0 Å². The average molecular weight is 377 g/mol. The topological polar surface area (TPSA) is 88.8 Å². The smallest absolute Gasteiger partial charge is 0.230 e. The molecule has 8 heteroatoms. The third-order valence-corrected chi connectivity index (χ3v) is 4.90. The van der Waals surface area contributed by atoms with E-state index in [0.29, 0.717) is 18.3 Å². The van der Waals surface area contributed by atoms with Crippen LogP contribution >= 0.6 is 0 Å². The van der Waals surface area contributed by atoms with Crippen molar-refractivity contribution < 1.29 is 4.79 Å². The number of aryl methyl sites for hydroxylation is 2. The van der Waals surface area contributed by atoms with Gasteiger partial charge < -0.3 is 10.2 Å². The summed E-state index contributed by atoms with van der Waals surface area (Å²) < 4.78 is 1.85. The van der Waals surface area contributed by atoms with Crippen LogP contribution in [0.5, 0.6) is 0 Å². The standard InChI is InChI=1S/C20H23N7O/c28-19(17-3-1-12-26(15-17)20-22-8-2-9-23-20)24-18-7-14-27(25-18)13-6-16-4-10-21-11-5-16/h2,4-5,7-11,14,17H,1,3,6,12-13,15H2,(H,24,25,28)/t17-/m0/s1. The molecule has 1 aliphatic rings. The van der Waals surface area contributed by atoms with Gasteiger partial charge in [-0.1, -0.05) is 0 Å². The van der Waals surface area contributed by atoms with Crippen LogP contribution in [0.4, 0.5) is 11.8 Å². The summed E-state index contributed by atoms with van der Waals surface area (Å²) in [5, 5.41) is 7.42. The summed E-state index contributed by atoms with van der Waals surface area (Å²) in [6.07, 6.45) is 11.6. The number of hydrogen-bond acceptors (Lipinski definition) is 6. The summed E-state index contributed by atoms with van der Waals surface area (Å²) in [4.78, 5) is 27.4. The molecule has 3 aromatic rings. The minimum absolute atomic E-state index is 0.0000138. The minimum atomic E-state index is -0.0977. The molecule has 28 heavy (non-hydrogen) atoms. The quantitative estimate of drug-likeness (QED) is 0.708. The lowest BCUT2D eigenvalue weighted by molar-refractivity contribution is -0.120. The molecule has 0 aromatic carbocycles. The molecule has 4 heterocycles. The Kier molecular flexibility index (Phi) is 5.56. The maximum Gasteiger partial charge on any atom is 0.230 e. The van der Waals surface area contributed by atoms with E-state index >= 15 is 0 Å². The lowest BCUT2D eigenvalue weighted by Crippen LogP contribution is -2.41. The van der Waals surface area contributed by atoms with Gasteiger partial charge in [0.2, 0.25) is 11.9 Å². The van der Waals surface area contributed by atoms with E-state index in [1.165, 1.54) is 5.56 Å². The molecule has 3 aromatic heterocycles. The van der Waals surface area contributed by atoms with Gasteiger partial charge in [0, 0.05) is 56.7 Å². The number of piperidine rings is 1. The van der Waals surface area contributed by atoms with Crippen LogP contribution in [0.25, 0.3) is 0 Å². The summed E-state index contributed by atoms with van der Waals surface area (Å²) in [5.41, 5.74) is 1.21. The van der Waals surface area contributed by atoms with E-state index in [0.717, 1.165) is 32.4 Å². The number of carbonyl (C=O) groups excluding carboxylic acids is 1. The van der Waals surface area contributed by atoms with E-state index in [4.69, 9.17) is 0 Å². The number of nitrogens with one attached hydrogen (secondary N) is 1. The van der Waals surface area contributed by atoms with E-state index in [1.807, 2.05) is 29.1 Å². The van der Waals surface area contributed by atoms with Gasteiger partial charge in [-0.15, -0.1) is 0 Å². The summed E-state index contributed by atoms with van der Waals surface area (Å²) >= 11 is 0. The molecule has 0 bridgehead atoms. The van der Waals surface area contributed by atoms with Crippen molar-refractivity contribution in [1.82, 2.24) is 24.7 Å².